The van der Waals surface area contributed by atoms with Crippen LogP contribution in [0.15, 0.2) is 53.4 Å². The molecule has 0 radical (unpaired) electrons. The van der Waals surface area contributed by atoms with Gasteiger partial charge in [0.15, 0.2) is 0 Å². The van der Waals surface area contributed by atoms with Crippen molar-refractivity contribution in [1.29, 1.82) is 0 Å². The second kappa shape index (κ2) is 8.24. The summed E-state index contributed by atoms with van der Waals surface area (Å²) in [7, 11) is -1.86. The van der Waals surface area contributed by atoms with Gasteiger partial charge in [-0.15, -0.1) is 0 Å². The van der Waals surface area contributed by atoms with Gasteiger partial charge in [-0.25, -0.2) is 13.6 Å². The number of sulfonamides is 1. The number of hydrogen-bond acceptors (Lipinski definition) is 4. The molecule has 6 nitrogen and oxygen atoms in total. The number of likely N-dealkylation sites (N-methyl/N-ethyl adjacent to an activating group) is 1. The van der Waals surface area contributed by atoms with E-state index < -0.39 is 10.0 Å². The summed E-state index contributed by atoms with van der Waals surface area (Å²) >= 11 is 0. The van der Waals surface area contributed by atoms with Crippen LogP contribution >= 0.6 is 0 Å². The fourth-order valence-corrected chi connectivity index (χ4v) is 2.94. The average Bonchev–Trinajstić information content (AvgIpc) is 2.55. The number of primary sulfonamides is 1. The molecule has 0 aliphatic heterocycles. The van der Waals surface area contributed by atoms with Crippen molar-refractivity contribution in [2.24, 2.45) is 5.14 Å². The zero-order valence-electron chi connectivity index (χ0n) is 14.4. The smallest absolute Gasteiger partial charge is 0.238 e. The summed E-state index contributed by atoms with van der Waals surface area (Å²) in [5.74, 6) is -0.170. The number of nitrogens with one attached hydrogen (secondary N) is 1. The molecule has 1 amide bonds. The van der Waals surface area contributed by atoms with Gasteiger partial charge in [0.05, 0.1) is 11.4 Å². The third-order valence-corrected chi connectivity index (χ3v) is 4.69. The number of nitrogens with two attached hydrogens (primary N) is 1. The van der Waals surface area contributed by atoms with Gasteiger partial charge in [0.25, 0.3) is 0 Å². The highest BCUT2D eigenvalue weighted by Crippen LogP contribution is 2.13. The van der Waals surface area contributed by atoms with Crippen LogP contribution in [0.1, 0.15) is 18.1 Å². The molecule has 2 aromatic carbocycles. The number of carbonyl (C=O) groups excluding carboxylic acids is 1. The lowest BCUT2D eigenvalue weighted by molar-refractivity contribution is -0.117. The number of carbonyl (C=O) groups is 1. The molecule has 0 fully saturated rings. The van der Waals surface area contributed by atoms with Gasteiger partial charge in [-0.3, -0.25) is 9.69 Å². The molecule has 0 saturated heterocycles. The van der Waals surface area contributed by atoms with E-state index in [1.807, 2.05) is 11.9 Å². The molecule has 2 aromatic rings. The van der Waals surface area contributed by atoms with Crippen molar-refractivity contribution >= 4 is 21.6 Å². The van der Waals surface area contributed by atoms with Gasteiger partial charge in [0.2, 0.25) is 15.9 Å². The first-order valence-electron chi connectivity index (χ1n) is 7.97. The number of rotatable bonds is 7. The Morgan fingerprint density at radius 1 is 1.04 bits per heavy atom. The molecule has 0 saturated carbocycles. The highest BCUT2D eigenvalue weighted by atomic mass is 32.2. The fraction of sp³-hybridized carbons (Fsp3) is 0.278. The lowest BCUT2D eigenvalue weighted by Crippen LogP contribution is -2.29. The maximum absolute atomic E-state index is 12.1. The largest absolute Gasteiger partial charge is 0.325 e. The van der Waals surface area contributed by atoms with Crippen LogP contribution in [0.2, 0.25) is 0 Å². The molecule has 25 heavy (non-hydrogen) atoms. The summed E-state index contributed by atoms with van der Waals surface area (Å²) in [6.07, 6.45) is 1.00. The topological polar surface area (TPSA) is 92.5 Å². The predicted octanol–water partition coefficient (Wildman–Crippen LogP) is 1.97. The van der Waals surface area contributed by atoms with E-state index in [0.29, 0.717) is 12.2 Å². The Bertz CT molecular complexity index is 816. The third-order valence-electron chi connectivity index (χ3n) is 3.76. The molecular weight excluding hydrogens is 338 g/mol. The van der Waals surface area contributed by atoms with E-state index in [1.54, 1.807) is 0 Å². The summed E-state index contributed by atoms with van der Waals surface area (Å²) in [5, 5.41) is 7.78. The Morgan fingerprint density at radius 3 is 2.12 bits per heavy atom. The number of amides is 1. The van der Waals surface area contributed by atoms with E-state index in [4.69, 9.17) is 5.14 Å². The van der Waals surface area contributed by atoms with Crippen LogP contribution in [0.3, 0.4) is 0 Å². The van der Waals surface area contributed by atoms with E-state index in [9.17, 15) is 13.2 Å². The van der Waals surface area contributed by atoms with Gasteiger partial charge in [0, 0.05) is 12.2 Å². The fourth-order valence-electron chi connectivity index (χ4n) is 2.42. The first-order chi connectivity index (χ1) is 11.8. The van der Waals surface area contributed by atoms with Crippen LogP contribution in [-0.2, 0) is 27.8 Å². The summed E-state index contributed by atoms with van der Waals surface area (Å²) in [5.41, 5.74) is 2.95. The quantitative estimate of drug-likeness (QED) is 0.788. The SMILES string of the molecule is CCc1ccc(CN(C)CC(=O)Nc2ccc(S(N)(=O)=O)cc2)cc1. The molecule has 0 heterocycles. The van der Waals surface area contributed by atoms with Gasteiger partial charge in [0.1, 0.15) is 0 Å². The summed E-state index contributed by atoms with van der Waals surface area (Å²) < 4.78 is 22.4. The van der Waals surface area contributed by atoms with E-state index in [0.717, 1.165) is 12.0 Å². The van der Waals surface area contributed by atoms with Crippen molar-refractivity contribution in [2.45, 2.75) is 24.8 Å². The first-order valence-corrected chi connectivity index (χ1v) is 9.51. The molecule has 0 aliphatic carbocycles. The van der Waals surface area contributed by atoms with Gasteiger partial charge in [-0.1, -0.05) is 31.2 Å². The van der Waals surface area contributed by atoms with Crippen LogP contribution in [0.5, 0.6) is 0 Å². The van der Waals surface area contributed by atoms with Crippen LogP contribution in [0.4, 0.5) is 5.69 Å². The molecular formula is C18H23N3O3S. The highest BCUT2D eigenvalue weighted by Gasteiger charge is 2.10. The van der Waals surface area contributed by atoms with E-state index in [1.165, 1.54) is 29.8 Å². The molecule has 0 bridgehead atoms. The molecule has 0 aromatic heterocycles. The highest BCUT2D eigenvalue weighted by molar-refractivity contribution is 7.89. The first kappa shape index (κ1) is 19.1. The minimum absolute atomic E-state index is 0.0122. The molecule has 134 valence electrons. The zero-order chi connectivity index (χ0) is 18.4. The Balaban J connectivity index is 1.88. The lowest BCUT2D eigenvalue weighted by Gasteiger charge is -2.16. The second-order valence-corrected chi connectivity index (χ2v) is 7.52. The normalized spacial score (nSPS) is 11.5. The maximum atomic E-state index is 12.1. The van der Waals surface area contributed by atoms with Crippen LogP contribution in [0.25, 0.3) is 0 Å². The number of aryl methyl sites for hydroxylation is 1. The number of benzene rings is 2. The Kier molecular flexibility index (Phi) is 6.30. The van der Waals surface area contributed by atoms with Crippen molar-refractivity contribution in [3.63, 3.8) is 0 Å². The Morgan fingerprint density at radius 2 is 1.60 bits per heavy atom. The Labute approximate surface area is 148 Å². The van der Waals surface area contributed by atoms with Crippen LogP contribution in [-0.4, -0.2) is 32.8 Å². The van der Waals surface area contributed by atoms with Crippen molar-refractivity contribution in [1.82, 2.24) is 4.90 Å². The minimum atomic E-state index is -3.73. The van der Waals surface area contributed by atoms with Gasteiger partial charge >= 0.3 is 0 Å². The van der Waals surface area contributed by atoms with Gasteiger partial charge in [-0.05, 0) is 48.9 Å². The summed E-state index contributed by atoms with van der Waals surface area (Å²) in [6, 6.07) is 14.1. The molecule has 2 rings (SSSR count). The van der Waals surface area contributed by atoms with Crippen molar-refractivity contribution < 1.29 is 13.2 Å². The number of hydrogen-bond donors (Lipinski definition) is 2. The van der Waals surface area contributed by atoms with Crippen molar-refractivity contribution in [3.8, 4) is 0 Å². The lowest BCUT2D eigenvalue weighted by atomic mass is 10.1. The minimum Gasteiger partial charge on any atom is -0.325 e. The maximum Gasteiger partial charge on any atom is 0.238 e. The van der Waals surface area contributed by atoms with E-state index in [2.05, 4.69) is 36.5 Å². The zero-order valence-corrected chi connectivity index (χ0v) is 15.2. The summed E-state index contributed by atoms with van der Waals surface area (Å²) in [6.45, 7) is 3.01. The molecule has 0 aliphatic rings. The van der Waals surface area contributed by atoms with Crippen LogP contribution in [0, 0.1) is 0 Å². The van der Waals surface area contributed by atoms with Crippen molar-refractivity contribution in [2.75, 3.05) is 18.9 Å². The molecule has 0 spiro atoms. The third kappa shape index (κ3) is 5.97. The summed E-state index contributed by atoms with van der Waals surface area (Å²) in [4.78, 5) is 14.0. The molecule has 7 heteroatoms. The van der Waals surface area contributed by atoms with Crippen molar-refractivity contribution in [3.05, 3.63) is 59.7 Å². The van der Waals surface area contributed by atoms with E-state index >= 15 is 0 Å². The monoisotopic (exact) mass is 361 g/mol. The Hall–Kier alpha value is -2.22. The number of nitrogens with zero attached hydrogens (tertiary/aromatic N) is 1. The molecule has 0 atom stereocenters. The second-order valence-electron chi connectivity index (χ2n) is 5.96. The average molecular weight is 361 g/mol. The standard InChI is InChI=1S/C18H23N3O3S/c1-3-14-4-6-15(7-5-14)12-21(2)13-18(22)20-16-8-10-17(11-9-16)25(19,23)24/h4-11H,3,12-13H2,1-2H3,(H,20,22)(H2,19,23,24). The van der Waals surface area contributed by atoms with Gasteiger partial charge in [-0.2, -0.15) is 0 Å². The number of anilines is 1. The van der Waals surface area contributed by atoms with E-state index in [-0.39, 0.29) is 17.3 Å². The molecule has 3 N–H and O–H groups in total. The predicted molar refractivity (Wildman–Crippen MR) is 98.6 cm³/mol. The van der Waals surface area contributed by atoms with Gasteiger partial charge < -0.3 is 5.32 Å². The van der Waals surface area contributed by atoms with Crippen LogP contribution < -0.4 is 10.5 Å². The molecule has 0 unspecified atom stereocenters.